The largest absolute Gasteiger partial charge is 0.393 e. The van der Waals surface area contributed by atoms with Gasteiger partial charge in [-0.15, -0.1) is 0 Å². The van der Waals surface area contributed by atoms with Crippen molar-refractivity contribution in [2.45, 2.75) is 25.7 Å². The Morgan fingerprint density at radius 2 is 2.14 bits per heavy atom. The highest BCUT2D eigenvalue weighted by molar-refractivity contribution is 6.08. The molecule has 0 radical (unpaired) electrons. The van der Waals surface area contributed by atoms with Crippen LogP contribution in [0.3, 0.4) is 0 Å². The van der Waals surface area contributed by atoms with Crippen molar-refractivity contribution in [2.75, 3.05) is 35.7 Å². The van der Waals surface area contributed by atoms with Crippen LogP contribution in [0.4, 0.5) is 22.7 Å². The number of carbonyl (C=O) groups is 1. The smallest absolute Gasteiger partial charge is 0.226 e. The number of carbonyl (C=O) groups excluding carboxylic acids is 1. The number of nitrogens with one attached hydrogen (secondary N) is 4. The predicted octanol–water partition coefficient (Wildman–Crippen LogP) is 4.30. The first-order valence-electron chi connectivity index (χ1n) is 10.1. The number of para-hydroxylation sites is 1. The van der Waals surface area contributed by atoms with Gasteiger partial charge in [0.15, 0.2) is 0 Å². The van der Waals surface area contributed by atoms with Gasteiger partial charge in [-0.05, 0) is 47.7 Å². The molecular formula is C23H27N5O. The van der Waals surface area contributed by atoms with Gasteiger partial charge in [0.1, 0.15) is 0 Å². The third kappa shape index (κ3) is 3.58. The lowest BCUT2D eigenvalue weighted by Gasteiger charge is -2.36. The third-order valence-corrected chi connectivity index (χ3v) is 5.68. The molecule has 4 rings (SSSR count). The Labute approximate surface area is 171 Å². The van der Waals surface area contributed by atoms with Gasteiger partial charge >= 0.3 is 0 Å². The summed E-state index contributed by atoms with van der Waals surface area (Å²) >= 11 is 0. The quantitative estimate of drug-likeness (QED) is 0.588. The zero-order chi connectivity index (χ0) is 20.4. The molecule has 2 aromatic carbocycles. The van der Waals surface area contributed by atoms with Gasteiger partial charge in [-0.25, -0.2) is 0 Å². The van der Waals surface area contributed by atoms with E-state index in [0.717, 1.165) is 41.2 Å². The molecule has 0 spiro atoms. The molecule has 2 aliphatic rings. The van der Waals surface area contributed by atoms with E-state index in [1.165, 1.54) is 17.5 Å². The minimum absolute atomic E-state index is 0.0428. The Hall–Kier alpha value is -3.28. The summed E-state index contributed by atoms with van der Waals surface area (Å²) in [4.78, 5) is 14.3. The average molecular weight is 390 g/mol. The highest BCUT2D eigenvalue weighted by Crippen LogP contribution is 2.44. The minimum atomic E-state index is 0.0428. The van der Waals surface area contributed by atoms with Gasteiger partial charge in [-0.3, -0.25) is 4.79 Å². The maximum absolute atomic E-state index is 12.0. The third-order valence-electron chi connectivity index (χ3n) is 5.68. The van der Waals surface area contributed by atoms with Gasteiger partial charge in [-0.2, -0.15) is 0 Å². The van der Waals surface area contributed by atoms with Crippen molar-refractivity contribution in [3.8, 4) is 0 Å². The Morgan fingerprint density at radius 3 is 2.93 bits per heavy atom. The SMILES string of the molecule is CN/C=C(\C=N)c1ccc2c(c1)[C@@H](C)CCN2c1cccc2c1NCCC(=O)N2. The van der Waals surface area contributed by atoms with E-state index in [0.29, 0.717) is 18.9 Å². The molecule has 29 heavy (non-hydrogen) atoms. The van der Waals surface area contributed by atoms with Gasteiger partial charge in [0.2, 0.25) is 5.91 Å². The number of hydrogen-bond acceptors (Lipinski definition) is 5. The van der Waals surface area contributed by atoms with E-state index in [9.17, 15) is 4.79 Å². The van der Waals surface area contributed by atoms with Crippen LogP contribution in [0.1, 0.15) is 36.8 Å². The Bertz CT molecular complexity index is 981. The monoisotopic (exact) mass is 389 g/mol. The summed E-state index contributed by atoms with van der Waals surface area (Å²) in [5, 5.41) is 17.2. The molecule has 6 nitrogen and oxygen atoms in total. The van der Waals surface area contributed by atoms with Crippen LogP contribution in [0.15, 0.2) is 42.6 Å². The van der Waals surface area contributed by atoms with Gasteiger partial charge in [0.25, 0.3) is 0 Å². The fourth-order valence-electron chi connectivity index (χ4n) is 4.16. The molecule has 0 unspecified atom stereocenters. The molecule has 0 bridgehead atoms. The molecule has 2 aromatic rings. The van der Waals surface area contributed by atoms with Gasteiger partial charge in [0, 0.05) is 50.2 Å². The van der Waals surface area contributed by atoms with Crippen LogP contribution in [0, 0.1) is 5.41 Å². The first-order valence-corrected chi connectivity index (χ1v) is 10.1. The van der Waals surface area contributed by atoms with Crippen LogP contribution in [0.2, 0.25) is 0 Å². The molecule has 150 valence electrons. The van der Waals surface area contributed by atoms with E-state index in [2.05, 4.69) is 52.0 Å². The summed E-state index contributed by atoms with van der Waals surface area (Å²) in [5.41, 5.74) is 7.28. The molecule has 6 heteroatoms. The van der Waals surface area contributed by atoms with E-state index in [-0.39, 0.29) is 5.91 Å². The van der Waals surface area contributed by atoms with Crippen LogP contribution in [0.5, 0.6) is 0 Å². The van der Waals surface area contributed by atoms with Crippen molar-refractivity contribution < 1.29 is 4.79 Å². The molecule has 2 heterocycles. The second kappa shape index (κ2) is 7.99. The molecule has 0 aliphatic carbocycles. The molecule has 0 aromatic heterocycles. The van der Waals surface area contributed by atoms with Crippen molar-refractivity contribution in [1.82, 2.24) is 5.32 Å². The maximum Gasteiger partial charge on any atom is 0.226 e. The van der Waals surface area contributed by atoms with Crippen LogP contribution in [0.25, 0.3) is 5.57 Å². The lowest BCUT2D eigenvalue weighted by molar-refractivity contribution is -0.115. The Morgan fingerprint density at radius 1 is 1.28 bits per heavy atom. The van der Waals surface area contributed by atoms with Crippen molar-refractivity contribution in [2.24, 2.45) is 0 Å². The first-order chi connectivity index (χ1) is 14.1. The lowest BCUT2D eigenvalue weighted by atomic mass is 9.88. The highest BCUT2D eigenvalue weighted by Gasteiger charge is 2.27. The van der Waals surface area contributed by atoms with Crippen molar-refractivity contribution in [3.63, 3.8) is 0 Å². The van der Waals surface area contributed by atoms with Gasteiger partial charge in [-0.1, -0.05) is 19.1 Å². The summed E-state index contributed by atoms with van der Waals surface area (Å²) in [6.07, 6.45) is 4.74. The molecule has 4 N–H and O–H groups in total. The number of amides is 1. The lowest BCUT2D eigenvalue weighted by Crippen LogP contribution is -2.27. The Kier molecular flexibility index (Phi) is 5.25. The number of rotatable bonds is 4. The number of allylic oxidation sites excluding steroid dienone is 1. The molecular weight excluding hydrogens is 362 g/mol. The number of hydrogen-bond donors (Lipinski definition) is 4. The normalized spacial score (nSPS) is 18.7. The molecule has 0 saturated carbocycles. The molecule has 2 aliphatic heterocycles. The average Bonchev–Trinajstić information content (AvgIpc) is 2.93. The van der Waals surface area contributed by atoms with Gasteiger partial charge in [0.05, 0.1) is 17.1 Å². The summed E-state index contributed by atoms with van der Waals surface area (Å²) in [6.45, 7) is 3.81. The molecule has 0 saturated heterocycles. The fourth-order valence-corrected chi connectivity index (χ4v) is 4.16. The highest BCUT2D eigenvalue weighted by atomic mass is 16.1. The number of anilines is 4. The predicted molar refractivity (Wildman–Crippen MR) is 120 cm³/mol. The fraction of sp³-hybridized carbons (Fsp3) is 0.304. The summed E-state index contributed by atoms with van der Waals surface area (Å²) in [6, 6.07) is 12.5. The van der Waals surface area contributed by atoms with E-state index in [4.69, 9.17) is 5.41 Å². The van der Waals surface area contributed by atoms with E-state index in [1.54, 1.807) is 0 Å². The second-order valence-corrected chi connectivity index (χ2v) is 7.57. The zero-order valence-corrected chi connectivity index (χ0v) is 16.9. The van der Waals surface area contributed by atoms with E-state index in [1.807, 2.05) is 25.4 Å². The minimum Gasteiger partial charge on any atom is -0.393 e. The summed E-state index contributed by atoms with van der Waals surface area (Å²) < 4.78 is 0. The van der Waals surface area contributed by atoms with Crippen LogP contribution in [-0.2, 0) is 4.79 Å². The molecule has 1 amide bonds. The van der Waals surface area contributed by atoms with E-state index >= 15 is 0 Å². The van der Waals surface area contributed by atoms with Crippen molar-refractivity contribution in [1.29, 1.82) is 5.41 Å². The maximum atomic E-state index is 12.0. The number of benzene rings is 2. The second-order valence-electron chi connectivity index (χ2n) is 7.57. The number of fused-ring (bicyclic) bond motifs is 2. The van der Waals surface area contributed by atoms with Crippen LogP contribution < -0.4 is 20.9 Å². The zero-order valence-electron chi connectivity index (χ0n) is 16.9. The standard InChI is InChI=1S/C23H27N5O/c1-15-9-11-28(20-7-6-16(12-18(15)20)17(13-24)14-25-2)21-5-3-4-19-23(21)26-10-8-22(29)27-19/h3-7,12-15,24-26H,8-11H2,1-2H3,(H,27,29)/b17-14+,24-13?/t15-/m0/s1. The molecule has 0 fully saturated rings. The van der Waals surface area contributed by atoms with E-state index < -0.39 is 0 Å². The topological polar surface area (TPSA) is 80.2 Å². The Balaban J connectivity index is 1.79. The summed E-state index contributed by atoms with van der Waals surface area (Å²) in [7, 11) is 1.85. The van der Waals surface area contributed by atoms with Gasteiger partial charge < -0.3 is 26.3 Å². The van der Waals surface area contributed by atoms with Crippen LogP contribution in [-0.4, -0.2) is 32.3 Å². The molecule has 1 atom stereocenters. The number of nitrogens with zero attached hydrogens (tertiary/aromatic N) is 1. The summed E-state index contributed by atoms with van der Waals surface area (Å²) in [5.74, 6) is 0.485. The first kappa shape index (κ1) is 19.1. The van der Waals surface area contributed by atoms with Crippen molar-refractivity contribution in [3.05, 3.63) is 53.7 Å². The van der Waals surface area contributed by atoms with Crippen molar-refractivity contribution >= 4 is 40.4 Å². The van der Waals surface area contributed by atoms with Crippen LogP contribution >= 0.6 is 0 Å².